The number of nitrogens with two attached hydrogens (primary N) is 1. The van der Waals surface area contributed by atoms with Crippen molar-refractivity contribution in [2.45, 2.75) is 13.0 Å². The summed E-state index contributed by atoms with van der Waals surface area (Å²) in [4.78, 5) is 36.1. The minimum absolute atomic E-state index is 0.0890. The zero-order chi connectivity index (χ0) is 17.7. The number of rotatable bonds is 5. The monoisotopic (exact) mass is 338 g/mol. The van der Waals surface area contributed by atoms with Crippen LogP contribution < -0.4 is 21.3 Å². The Morgan fingerprint density at radius 2 is 2.21 bits per heavy atom. The first-order valence-corrected chi connectivity index (χ1v) is 7.38. The van der Waals surface area contributed by atoms with E-state index in [1.165, 1.54) is 24.0 Å². The first-order chi connectivity index (χ1) is 11.4. The van der Waals surface area contributed by atoms with E-state index < -0.39 is 23.7 Å². The molecule has 1 aromatic rings. The molecule has 4 N–H and O–H groups in total. The van der Waals surface area contributed by atoms with E-state index in [-0.39, 0.29) is 37.0 Å². The van der Waals surface area contributed by atoms with Crippen LogP contribution in [0.25, 0.3) is 0 Å². The Bertz CT molecular complexity index is 652. The molecule has 0 bridgehead atoms. The van der Waals surface area contributed by atoms with E-state index in [4.69, 9.17) is 10.5 Å². The Kier molecular flexibility index (Phi) is 5.83. The van der Waals surface area contributed by atoms with Gasteiger partial charge in [0.05, 0.1) is 12.3 Å². The van der Waals surface area contributed by atoms with Crippen LogP contribution in [-0.2, 0) is 19.1 Å². The molecule has 0 radical (unpaired) electrons. The van der Waals surface area contributed by atoms with Gasteiger partial charge in [-0.05, 0) is 18.2 Å². The van der Waals surface area contributed by atoms with E-state index >= 15 is 0 Å². The van der Waals surface area contributed by atoms with Crippen LogP contribution in [0.2, 0.25) is 0 Å². The van der Waals surface area contributed by atoms with Crippen LogP contribution in [0, 0.1) is 5.82 Å². The first-order valence-electron chi connectivity index (χ1n) is 7.38. The highest BCUT2D eigenvalue weighted by Gasteiger charge is 2.23. The van der Waals surface area contributed by atoms with E-state index in [0.717, 1.165) is 6.07 Å². The molecule has 0 unspecified atom stereocenters. The maximum atomic E-state index is 14.3. The summed E-state index contributed by atoms with van der Waals surface area (Å²) < 4.78 is 19.3. The molecule has 9 heteroatoms. The Morgan fingerprint density at radius 1 is 1.46 bits per heavy atom. The molecule has 1 fully saturated rings. The number of nitrogens with one attached hydrogen (secondary N) is 2. The van der Waals surface area contributed by atoms with Crippen LogP contribution in [0.4, 0.5) is 15.8 Å². The van der Waals surface area contributed by atoms with Crippen LogP contribution in [0.5, 0.6) is 0 Å². The summed E-state index contributed by atoms with van der Waals surface area (Å²) in [6.45, 7) is 1.68. The highest BCUT2D eigenvalue weighted by molar-refractivity contribution is 5.98. The van der Waals surface area contributed by atoms with Gasteiger partial charge in [-0.25, -0.2) is 4.39 Å². The molecular formula is C15H19FN4O4. The first kappa shape index (κ1) is 17.8. The van der Waals surface area contributed by atoms with E-state index in [9.17, 15) is 18.8 Å². The van der Waals surface area contributed by atoms with Crippen LogP contribution in [-0.4, -0.2) is 50.1 Å². The minimum Gasteiger partial charge on any atom is -0.370 e. The fraction of sp³-hybridized carbons (Fsp3) is 0.400. The third-order valence-electron chi connectivity index (χ3n) is 3.42. The van der Waals surface area contributed by atoms with Crippen molar-refractivity contribution in [2.75, 3.05) is 36.5 Å². The smallest absolute Gasteiger partial charge is 0.253 e. The van der Waals surface area contributed by atoms with Gasteiger partial charge in [0.25, 0.3) is 5.91 Å². The van der Waals surface area contributed by atoms with Crippen molar-refractivity contribution in [2.24, 2.45) is 5.73 Å². The van der Waals surface area contributed by atoms with Gasteiger partial charge in [-0.2, -0.15) is 0 Å². The molecule has 3 amide bonds. The van der Waals surface area contributed by atoms with Crippen molar-refractivity contribution in [3.63, 3.8) is 0 Å². The van der Waals surface area contributed by atoms with Crippen molar-refractivity contribution < 1.29 is 23.5 Å². The van der Waals surface area contributed by atoms with Gasteiger partial charge in [0.15, 0.2) is 0 Å². The second-order valence-electron chi connectivity index (χ2n) is 5.24. The topological polar surface area (TPSA) is 114 Å². The van der Waals surface area contributed by atoms with Crippen LogP contribution in [0.3, 0.4) is 0 Å². The number of carbonyl (C=O) groups excluding carboxylic acids is 3. The molecule has 0 saturated carbocycles. The van der Waals surface area contributed by atoms with E-state index in [1.54, 1.807) is 0 Å². The zero-order valence-electron chi connectivity index (χ0n) is 13.2. The number of amides is 3. The fourth-order valence-corrected chi connectivity index (χ4v) is 2.28. The molecule has 0 aromatic heterocycles. The number of hydrogen-bond acceptors (Lipinski definition) is 5. The SMILES string of the molecule is CC(=O)N[C@H](CN)C(=O)Nc1ccc(N2CCOCC2=O)c(F)c1. The van der Waals surface area contributed by atoms with Gasteiger partial charge < -0.3 is 26.0 Å². The van der Waals surface area contributed by atoms with Crippen LogP contribution in [0.15, 0.2) is 18.2 Å². The molecule has 1 aliphatic heterocycles. The molecule has 1 atom stereocenters. The largest absolute Gasteiger partial charge is 0.370 e. The fourth-order valence-electron chi connectivity index (χ4n) is 2.28. The van der Waals surface area contributed by atoms with Crippen LogP contribution >= 0.6 is 0 Å². The average Bonchev–Trinajstić information content (AvgIpc) is 2.53. The van der Waals surface area contributed by atoms with Gasteiger partial charge in [-0.1, -0.05) is 0 Å². The van der Waals surface area contributed by atoms with Gasteiger partial charge in [0, 0.05) is 25.7 Å². The Labute approximate surface area is 138 Å². The lowest BCUT2D eigenvalue weighted by Gasteiger charge is -2.27. The molecule has 0 spiro atoms. The van der Waals surface area contributed by atoms with Crippen molar-refractivity contribution in [3.05, 3.63) is 24.0 Å². The lowest BCUT2D eigenvalue weighted by Crippen LogP contribution is -2.47. The maximum absolute atomic E-state index is 14.3. The normalized spacial score (nSPS) is 15.8. The van der Waals surface area contributed by atoms with E-state index in [0.29, 0.717) is 6.61 Å². The Morgan fingerprint density at radius 3 is 2.79 bits per heavy atom. The summed E-state index contributed by atoms with van der Waals surface area (Å²) in [5, 5.41) is 4.88. The van der Waals surface area contributed by atoms with Gasteiger partial charge in [0.1, 0.15) is 18.5 Å². The van der Waals surface area contributed by atoms with Gasteiger partial charge >= 0.3 is 0 Å². The lowest BCUT2D eigenvalue weighted by atomic mass is 10.2. The predicted octanol–water partition coefficient (Wildman–Crippen LogP) is -0.409. The zero-order valence-corrected chi connectivity index (χ0v) is 13.2. The van der Waals surface area contributed by atoms with Crippen molar-refractivity contribution in [3.8, 4) is 0 Å². The summed E-state index contributed by atoms with van der Waals surface area (Å²) in [5.41, 5.74) is 5.76. The van der Waals surface area contributed by atoms with Gasteiger partial charge in [0.2, 0.25) is 11.8 Å². The number of morpholine rings is 1. The number of halogens is 1. The third-order valence-corrected chi connectivity index (χ3v) is 3.42. The van der Waals surface area contributed by atoms with Gasteiger partial charge in [-0.15, -0.1) is 0 Å². The lowest BCUT2D eigenvalue weighted by molar-refractivity contribution is -0.125. The summed E-state index contributed by atoms with van der Waals surface area (Å²) in [6, 6.07) is 3.08. The quantitative estimate of drug-likeness (QED) is 0.675. The number of hydrogen-bond donors (Lipinski definition) is 3. The third kappa shape index (κ3) is 4.27. The molecule has 2 rings (SSSR count). The molecule has 1 aliphatic rings. The summed E-state index contributed by atoms with van der Waals surface area (Å²) in [7, 11) is 0. The van der Waals surface area contributed by atoms with Crippen molar-refractivity contribution in [1.82, 2.24) is 5.32 Å². The summed E-state index contributed by atoms with van der Waals surface area (Å²) in [6.07, 6.45) is 0. The molecular weight excluding hydrogens is 319 g/mol. The minimum atomic E-state index is -0.911. The molecule has 1 saturated heterocycles. The highest BCUT2D eigenvalue weighted by Crippen LogP contribution is 2.24. The van der Waals surface area contributed by atoms with E-state index in [1.807, 2.05) is 0 Å². The van der Waals surface area contributed by atoms with Gasteiger partial charge in [-0.3, -0.25) is 14.4 Å². The van der Waals surface area contributed by atoms with Crippen LogP contribution in [0.1, 0.15) is 6.92 Å². The summed E-state index contributed by atoms with van der Waals surface area (Å²) >= 11 is 0. The van der Waals surface area contributed by atoms with E-state index in [2.05, 4.69) is 10.6 Å². The Balaban J connectivity index is 2.10. The summed E-state index contributed by atoms with van der Waals surface area (Å²) in [5.74, 6) is -1.92. The molecule has 1 heterocycles. The predicted molar refractivity (Wildman–Crippen MR) is 84.9 cm³/mol. The molecule has 1 aromatic carbocycles. The molecule has 0 aliphatic carbocycles. The number of ether oxygens (including phenoxy) is 1. The molecule has 8 nitrogen and oxygen atoms in total. The number of benzene rings is 1. The standard InChI is InChI=1S/C15H19FN4O4/c1-9(21)18-12(7-17)15(23)19-10-2-3-13(11(16)6-10)20-4-5-24-8-14(20)22/h2-3,6,12H,4-5,7-8,17H2,1H3,(H,18,21)(H,19,23)/t12-/m1/s1. The second kappa shape index (κ2) is 7.84. The average molecular weight is 338 g/mol. The molecule has 24 heavy (non-hydrogen) atoms. The Hall–Kier alpha value is -2.52. The van der Waals surface area contributed by atoms with Crippen molar-refractivity contribution >= 4 is 29.1 Å². The molecule has 130 valence electrons. The second-order valence-corrected chi connectivity index (χ2v) is 5.24. The maximum Gasteiger partial charge on any atom is 0.253 e. The van der Waals surface area contributed by atoms with Crippen molar-refractivity contribution in [1.29, 1.82) is 0 Å². The number of nitrogens with zero attached hydrogens (tertiary/aromatic N) is 1. The number of anilines is 2. The highest BCUT2D eigenvalue weighted by atomic mass is 19.1. The number of carbonyl (C=O) groups is 3.